The van der Waals surface area contributed by atoms with E-state index in [2.05, 4.69) is 29.7 Å². The van der Waals surface area contributed by atoms with Crippen molar-refractivity contribution in [3.8, 4) is 5.75 Å². The molecule has 1 heterocycles. The van der Waals surface area contributed by atoms with Gasteiger partial charge in [0.2, 0.25) is 5.91 Å². The summed E-state index contributed by atoms with van der Waals surface area (Å²) in [7, 11) is 0. The third-order valence-corrected chi connectivity index (χ3v) is 10.3. The summed E-state index contributed by atoms with van der Waals surface area (Å²) in [5, 5.41) is 3.65. The zero-order valence-electron chi connectivity index (χ0n) is 21.6. The first kappa shape index (κ1) is 24.9. The van der Waals surface area contributed by atoms with Crippen LogP contribution in [-0.2, 0) is 16.2 Å². The molecule has 5 nitrogen and oxygen atoms in total. The fourth-order valence-electron chi connectivity index (χ4n) is 7.60. The van der Waals surface area contributed by atoms with Crippen LogP contribution in [0.1, 0.15) is 49.7 Å². The number of carbonyl (C=O) groups is 2. The van der Waals surface area contributed by atoms with Crippen LogP contribution in [0, 0.1) is 23.2 Å². The van der Waals surface area contributed by atoms with Crippen LogP contribution in [0.15, 0.2) is 71.6 Å². The van der Waals surface area contributed by atoms with Crippen LogP contribution in [0.4, 0.5) is 0 Å². The van der Waals surface area contributed by atoms with E-state index in [1.165, 1.54) is 46.8 Å². The molecule has 8 rings (SSSR count). The summed E-state index contributed by atoms with van der Waals surface area (Å²) >= 11 is 6.75. The summed E-state index contributed by atoms with van der Waals surface area (Å²) in [5.41, 5.74) is 4.56. The molecule has 2 amide bonds. The van der Waals surface area contributed by atoms with Crippen molar-refractivity contribution in [2.24, 2.45) is 23.2 Å². The molecule has 1 saturated heterocycles. The maximum atomic E-state index is 13.5. The maximum absolute atomic E-state index is 13.5. The van der Waals surface area contributed by atoms with E-state index >= 15 is 0 Å². The number of nitrogens with one attached hydrogen (secondary N) is 1. The minimum Gasteiger partial charge on any atom is -0.489 e. The minimum atomic E-state index is -0.336. The number of rotatable bonds is 6. The summed E-state index contributed by atoms with van der Waals surface area (Å²) in [6.07, 6.45) is 8.45. The van der Waals surface area contributed by atoms with Gasteiger partial charge >= 0.3 is 0 Å². The molecule has 0 atom stereocenters. The van der Waals surface area contributed by atoms with Crippen molar-refractivity contribution in [2.45, 2.75) is 45.1 Å². The standard InChI is InChI=1S/C32H30N2O3S2/c35-29-28(39-31(38)34(29)33-30(36)32-16-21-11-22(17-32)13-23(12-21)18-32)15-20-5-3-9-26(14-20)37-19-25-8-4-7-24-6-1-2-10-27(24)25/h1-10,14-15,21-23H,11-13,16-19H2,(H,33,36)/b28-15+. The Balaban J connectivity index is 1.04. The van der Waals surface area contributed by atoms with E-state index in [0.717, 1.165) is 36.1 Å². The zero-order chi connectivity index (χ0) is 26.6. The van der Waals surface area contributed by atoms with E-state index in [1.54, 1.807) is 0 Å². The van der Waals surface area contributed by atoms with Gasteiger partial charge in [0.25, 0.3) is 5.91 Å². The molecule has 0 radical (unpaired) electrons. The lowest BCUT2D eigenvalue weighted by Crippen LogP contribution is -2.57. The van der Waals surface area contributed by atoms with E-state index in [9.17, 15) is 9.59 Å². The van der Waals surface area contributed by atoms with Crippen LogP contribution in [0.25, 0.3) is 16.8 Å². The molecule has 3 aromatic rings. The van der Waals surface area contributed by atoms with Gasteiger partial charge in [-0.15, -0.1) is 0 Å². The highest BCUT2D eigenvalue weighted by Crippen LogP contribution is 2.60. The summed E-state index contributed by atoms with van der Waals surface area (Å²) < 4.78 is 6.50. The number of thioether (sulfide) groups is 1. The van der Waals surface area contributed by atoms with E-state index in [0.29, 0.717) is 33.6 Å². The van der Waals surface area contributed by atoms with Gasteiger partial charge in [-0.25, -0.2) is 0 Å². The van der Waals surface area contributed by atoms with Crippen LogP contribution in [-0.4, -0.2) is 21.1 Å². The van der Waals surface area contributed by atoms with Crippen molar-refractivity contribution in [1.82, 2.24) is 10.4 Å². The maximum Gasteiger partial charge on any atom is 0.285 e. The minimum absolute atomic E-state index is 0.0250. The molecule has 0 unspecified atom stereocenters. The second-order valence-electron chi connectivity index (χ2n) is 11.7. The summed E-state index contributed by atoms with van der Waals surface area (Å²) in [6, 6.07) is 22.2. The Bertz CT molecular complexity index is 1490. The van der Waals surface area contributed by atoms with E-state index in [1.807, 2.05) is 48.5 Å². The molecule has 4 bridgehead atoms. The highest BCUT2D eigenvalue weighted by atomic mass is 32.2. The Kier molecular flexibility index (Phi) is 6.24. The van der Waals surface area contributed by atoms with Crippen LogP contribution in [0.3, 0.4) is 0 Å². The van der Waals surface area contributed by atoms with Crippen LogP contribution in [0.5, 0.6) is 5.75 Å². The van der Waals surface area contributed by atoms with Crippen molar-refractivity contribution in [3.63, 3.8) is 0 Å². The van der Waals surface area contributed by atoms with Crippen LogP contribution >= 0.6 is 24.0 Å². The zero-order valence-corrected chi connectivity index (χ0v) is 23.2. The first-order chi connectivity index (χ1) is 19.0. The number of nitrogens with zero attached hydrogens (tertiary/aromatic N) is 1. The predicted octanol–water partition coefficient (Wildman–Crippen LogP) is 6.87. The molecule has 5 aliphatic rings. The van der Waals surface area contributed by atoms with Gasteiger partial charge in [-0.3, -0.25) is 15.0 Å². The predicted molar refractivity (Wildman–Crippen MR) is 158 cm³/mol. The van der Waals surface area contributed by atoms with E-state index in [4.69, 9.17) is 17.0 Å². The number of hydrogen-bond acceptors (Lipinski definition) is 5. The molecule has 1 aliphatic heterocycles. The highest BCUT2D eigenvalue weighted by molar-refractivity contribution is 8.26. The molecule has 7 heteroatoms. The molecule has 0 aromatic heterocycles. The average molecular weight is 555 g/mol. The Labute approximate surface area is 237 Å². The second-order valence-corrected chi connectivity index (χ2v) is 13.3. The number of amides is 2. The first-order valence-corrected chi connectivity index (χ1v) is 15.0. The van der Waals surface area contributed by atoms with Crippen molar-refractivity contribution in [1.29, 1.82) is 0 Å². The molecular formula is C32H30N2O3S2. The van der Waals surface area contributed by atoms with Crippen LogP contribution in [0.2, 0.25) is 0 Å². The molecule has 4 aliphatic carbocycles. The number of hydrogen-bond donors (Lipinski definition) is 1. The van der Waals surface area contributed by atoms with Crippen molar-refractivity contribution in [2.75, 3.05) is 0 Å². The first-order valence-electron chi connectivity index (χ1n) is 13.7. The van der Waals surface area contributed by atoms with Crippen molar-refractivity contribution < 1.29 is 14.3 Å². The topological polar surface area (TPSA) is 58.6 Å². The number of benzene rings is 3. The quantitative estimate of drug-likeness (QED) is 0.266. The Morgan fingerprint density at radius 3 is 2.46 bits per heavy atom. The molecule has 0 spiro atoms. The number of carbonyl (C=O) groups excluding carboxylic acids is 2. The second kappa shape index (κ2) is 9.79. The monoisotopic (exact) mass is 554 g/mol. The normalized spacial score (nSPS) is 28.5. The lowest BCUT2D eigenvalue weighted by molar-refractivity contribution is -0.152. The lowest BCUT2D eigenvalue weighted by atomic mass is 9.49. The van der Waals surface area contributed by atoms with E-state index < -0.39 is 0 Å². The van der Waals surface area contributed by atoms with Gasteiger partial charge in [0.1, 0.15) is 12.4 Å². The number of ether oxygens (including phenoxy) is 1. The third kappa shape index (κ3) is 4.66. The molecule has 5 fully saturated rings. The Morgan fingerprint density at radius 2 is 1.69 bits per heavy atom. The van der Waals surface area contributed by atoms with Gasteiger partial charge in [-0.05, 0) is 109 Å². The highest BCUT2D eigenvalue weighted by Gasteiger charge is 2.55. The van der Waals surface area contributed by atoms with Gasteiger partial charge in [0.15, 0.2) is 4.32 Å². The molecule has 4 saturated carbocycles. The summed E-state index contributed by atoms with van der Waals surface area (Å²) in [5.74, 6) is 2.39. The molecule has 1 N–H and O–H groups in total. The SMILES string of the molecule is O=C1/C(=C\c2cccc(OCc3cccc4ccccc34)c2)SC(=S)N1NC(=O)C12CC3CC(CC(C3)C1)C2. The largest absolute Gasteiger partial charge is 0.489 e. The number of fused-ring (bicyclic) bond motifs is 1. The van der Waals surface area contributed by atoms with Crippen LogP contribution < -0.4 is 10.2 Å². The summed E-state index contributed by atoms with van der Waals surface area (Å²) in [4.78, 5) is 27.3. The van der Waals surface area contributed by atoms with Crippen molar-refractivity contribution in [3.05, 3.63) is 82.8 Å². The molecule has 3 aromatic carbocycles. The van der Waals surface area contributed by atoms with Gasteiger partial charge in [0.05, 0.1) is 10.3 Å². The molecular weight excluding hydrogens is 524 g/mol. The Morgan fingerprint density at radius 1 is 1.00 bits per heavy atom. The van der Waals surface area contributed by atoms with Gasteiger partial charge in [-0.1, -0.05) is 66.4 Å². The lowest BCUT2D eigenvalue weighted by Gasteiger charge is -2.55. The number of thiocarbonyl (C=S) groups is 1. The van der Waals surface area contributed by atoms with E-state index in [-0.39, 0.29) is 17.2 Å². The molecule has 39 heavy (non-hydrogen) atoms. The molecule has 198 valence electrons. The van der Waals surface area contributed by atoms with Crippen molar-refractivity contribution >= 4 is 57.0 Å². The fourth-order valence-corrected chi connectivity index (χ4v) is 8.78. The Hall–Kier alpha value is -3.16. The fraction of sp³-hybridized carbons (Fsp3) is 0.344. The number of hydrazine groups is 1. The van der Waals surface area contributed by atoms with Gasteiger partial charge < -0.3 is 4.74 Å². The van der Waals surface area contributed by atoms with Gasteiger partial charge in [-0.2, -0.15) is 5.01 Å². The summed E-state index contributed by atoms with van der Waals surface area (Å²) in [6.45, 7) is 0.448. The third-order valence-electron chi connectivity index (χ3n) is 8.96. The average Bonchev–Trinajstić information content (AvgIpc) is 3.18. The van der Waals surface area contributed by atoms with Gasteiger partial charge in [0, 0.05) is 0 Å². The smallest absolute Gasteiger partial charge is 0.285 e.